The molecule has 7 nitrogen and oxygen atoms in total. The van der Waals surface area contributed by atoms with Gasteiger partial charge in [0.05, 0.1) is 28.3 Å². The molecule has 162 valence electrons. The van der Waals surface area contributed by atoms with E-state index in [2.05, 4.69) is 16.7 Å². The summed E-state index contributed by atoms with van der Waals surface area (Å²) in [6, 6.07) is 15.2. The van der Waals surface area contributed by atoms with E-state index in [1.807, 2.05) is 42.2 Å². The summed E-state index contributed by atoms with van der Waals surface area (Å²) in [5.74, 6) is 0.775. The Labute approximate surface area is 182 Å². The Balaban J connectivity index is 1.58. The topological polar surface area (TPSA) is 94.6 Å². The standard InChI is InChI=1S/C23H26N4O3S/c1-15-6-7-18-17(10-15)19(25-20-12-24-13-21(20)28)11-23(26-18)27-8-9-31(29,30)22-5-3-2-4-16(22)14-27/h2-7,10-11,20-21,24,28H,8-9,12-14H2,1H3,(H,25,26)/t20-,21+/m0/s1. The number of aryl methyl sites for hydroxylation is 1. The summed E-state index contributed by atoms with van der Waals surface area (Å²) >= 11 is 0. The summed E-state index contributed by atoms with van der Waals surface area (Å²) in [6.45, 7) is 4.13. The van der Waals surface area contributed by atoms with Crippen LogP contribution in [0.15, 0.2) is 53.4 Å². The first-order chi connectivity index (χ1) is 14.9. The zero-order chi connectivity index (χ0) is 21.6. The smallest absolute Gasteiger partial charge is 0.180 e. The second-order valence-electron chi connectivity index (χ2n) is 8.37. The number of anilines is 2. The van der Waals surface area contributed by atoms with Crippen LogP contribution >= 0.6 is 0 Å². The summed E-state index contributed by atoms with van der Waals surface area (Å²) in [5, 5.41) is 18.0. The lowest BCUT2D eigenvalue weighted by Crippen LogP contribution is -2.32. The molecule has 1 fully saturated rings. The number of aliphatic hydroxyl groups is 1. The molecule has 2 aliphatic heterocycles. The number of benzene rings is 2. The molecule has 0 spiro atoms. The van der Waals surface area contributed by atoms with Gasteiger partial charge in [-0.05, 0) is 30.7 Å². The van der Waals surface area contributed by atoms with E-state index < -0.39 is 15.9 Å². The number of nitrogens with zero attached hydrogens (tertiary/aromatic N) is 2. The molecule has 2 atom stereocenters. The largest absolute Gasteiger partial charge is 0.390 e. The van der Waals surface area contributed by atoms with Gasteiger partial charge in [-0.15, -0.1) is 0 Å². The molecule has 0 saturated carbocycles. The molecule has 8 heteroatoms. The molecule has 2 aliphatic rings. The highest BCUT2D eigenvalue weighted by Crippen LogP contribution is 2.32. The highest BCUT2D eigenvalue weighted by Gasteiger charge is 2.28. The summed E-state index contributed by atoms with van der Waals surface area (Å²) in [4.78, 5) is 7.30. The fourth-order valence-corrected chi connectivity index (χ4v) is 5.88. The predicted molar refractivity (Wildman–Crippen MR) is 122 cm³/mol. The Bertz CT molecular complexity index is 1240. The van der Waals surface area contributed by atoms with Crippen LogP contribution in [-0.4, -0.2) is 56.0 Å². The van der Waals surface area contributed by atoms with Gasteiger partial charge in [0.15, 0.2) is 9.84 Å². The van der Waals surface area contributed by atoms with Crippen molar-refractivity contribution in [2.75, 3.05) is 35.6 Å². The lowest BCUT2D eigenvalue weighted by Gasteiger charge is -2.25. The first-order valence-corrected chi connectivity index (χ1v) is 12.2. The number of sulfone groups is 1. The van der Waals surface area contributed by atoms with Crippen molar-refractivity contribution in [3.63, 3.8) is 0 Å². The van der Waals surface area contributed by atoms with Gasteiger partial charge in [0.2, 0.25) is 0 Å². The van der Waals surface area contributed by atoms with Crippen molar-refractivity contribution in [3.8, 4) is 0 Å². The summed E-state index contributed by atoms with van der Waals surface area (Å²) in [5.41, 5.74) is 3.66. The molecule has 1 saturated heterocycles. The molecule has 2 aromatic carbocycles. The SMILES string of the molecule is Cc1ccc2nc(N3CCS(=O)(=O)c4ccccc4C3)cc(N[C@H]3CNC[C@H]3O)c2c1. The van der Waals surface area contributed by atoms with Crippen LogP contribution < -0.4 is 15.5 Å². The van der Waals surface area contributed by atoms with E-state index >= 15 is 0 Å². The number of pyridine rings is 1. The van der Waals surface area contributed by atoms with Crippen molar-refractivity contribution in [1.82, 2.24) is 10.3 Å². The molecule has 0 unspecified atom stereocenters. The van der Waals surface area contributed by atoms with Crippen LogP contribution in [-0.2, 0) is 16.4 Å². The summed E-state index contributed by atoms with van der Waals surface area (Å²) in [7, 11) is -3.33. The maximum atomic E-state index is 12.8. The lowest BCUT2D eigenvalue weighted by atomic mass is 10.1. The molecule has 3 N–H and O–H groups in total. The van der Waals surface area contributed by atoms with E-state index in [-0.39, 0.29) is 11.8 Å². The first-order valence-electron chi connectivity index (χ1n) is 10.5. The highest BCUT2D eigenvalue weighted by molar-refractivity contribution is 7.91. The number of hydrogen-bond donors (Lipinski definition) is 3. The van der Waals surface area contributed by atoms with E-state index in [9.17, 15) is 13.5 Å². The molecule has 3 aromatic rings. The van der Waals surface area contributed by atoms with Gasteiger partial charge in [0.25, 0.3) is 0 Å². The summed E-state index contributed by atoms with van der Waals surface area (Å²) in [6.07, 6.45) is -0.466. The van der Waals surface area contributed by atoms with Crippen LogP contribution in [0.4, 0.5) is 11.5 Å². The van der Waals surface area contributed by atoms with Crippen LogP contribution in [0.5, 0.6) is 0 Å². The molecule has 1 aromatic heterocycles. The van der Waals surface area contributed by atoms with E-state index in [0.717, 1.165) is 33.5 Å². The van der Waals surface area contributed by atoms with Crippen molar-refractivity contribution in [2.24, 2.45) is 0 Å². The van der Waals surface area contributed by atoms with Crippen molar-refractivity contribution >= 4 is 32.2 Å². The number of β-amino-alcohol motifs (C(OH)–C–C–N with tert-alkyl or cyclic N) is 1. The minimum atomic E-state index is -3.33. The van der Waals surface area contributed by atoms with Crippen LogP contribution in [0, 0.1) is 6.92 Å². The summed E-state index contributed by atoms with van der Waals surface area (Å²) < 4.78 is 25.5. The average Bonchev–Trinajstić information content (AvgIpc) is 3.09. The van der Waals surface area contributed by atoms with Gasteiger partial charge in [-0.3, -0.25) is 0 Å². The number of hydrogen-bond acceptors (Lipinski definition) is 7. The Morgan fingerprint density at radius 2 is 2.00 bits per heavy atom. The molecular formula is C23H26N4O3S. The zero-order valence-corrected chi connectivity index (χ0v) is 18.2. The zero-order valence-electron chi connectivity index (χ0n) is 17.4. The molecule has 0 amide bonds. The normalized spacial score (nSPS) is 22.8. The second kappa shape index (κ2) is 7.78. The van der Waals surface area contributed by atoms with E-state index in [1.54, 1.807) is 12.1 Å². The Morgan fingerprint density at radius 1 is 1.16 bits per heavy atom. The molecular weight excluding hydrogens is 412 g/mol. The molecule has 0 bridgehead atoms. The van der Waals surface area contributed by atoms with Gasteiger partial charge < -0.3 is 20.6 Å². The third-order valence-corrected chi connectivity index (χ3v) is 7.88. The third-order valence-electron chi connectivity index (χ3n) is 6.10. The molecule has 3 heterocycles. The van der Waals surface area contributed by atoms with E-state index in [4.69, 9.17) is 4.98 Å². The van der Waals surface area contributed by atoms with Crippen molar-refractivity contribution in [2.45, 2.75) is 30.5 Å². The quantitative estimate of drug-likeness (QED) is 0.576. The Morgan fingerprint density at radius 3 is 2.81 bits per heavy atom. The molecule has 0 radical (unpaired) electrons. The Hall–Kier alpha value is -2.68. The average molecular weight is 439 g/mol. The number of nitrogens with one attached hydrogen (secondary N) is 2. The molecule has 5 rings (SSSR count). The van der Waals surface area contributed by atoms with Gasteiger partial charge in [-0.1, -0.05) is 29.8 Å². The Kier molecular flexibility index (Phi) is 5.08. The number of rotatable bonds is 3. The van der Waals surface area contributed by atoms with Crippen LogP contribution in [0.25, 0.3) is 10.9 Å². The first kappa shape index (κ1) is 20.2. The maximum absolute atomic E-state index is 12.8. The third kappa shape index (κ3) is 3.86. The fraction of sp³-hybridized carbons (Fsp3) is 0.348. The van der Waals surface area contributed by atoms with Crippen LogP contribution in [0.1, 0.15) is 11.1 Å². The van der Waals surface area contributed by atoms with E-state index in [0.29, 0.717) is 31.1 Å². The predicted octanol–water partition coefficient (Wildman–Crippen LogP) is 2.08. The van der Waals surface area contributed by atoms with Gasteiger partial charge >= 0.3 is 0 Å². The van der Waals surface area contributed by atoms with Gasteiger partial charge in [0, 0.05) is 43.3 Å². The van der Waals surface area contributed by atoms with Gasteiger partial charge in [-0.25, -0.2) is 13.4 Å². The van der Waals surface area contributed by atoms with E-state index in [1.165, 1.54) is 0 Å². The molecule has 0 aliphatic carbocycles. The number of aliphatic hydroxyl groups excluding tert-OH is 1. The van der Waals surface area contributed by atoms with Crippen molar-refractivity contribution in [1.29, 1.82) is 0 Å². The number of fused-ring (bicyclic) bond motifs is 2. The maximum Gasteiger partial charge on any atom is 0.180 e. The molecule has 31 heavy (non-hydrogen) atoms. The highest BCUT2D eigenvalue weighted by atomic mass is 32.2. The number of aromatic nitrogens is 1. The monoisotopic (exact) mass is 438 g/mol. The fourth-order valence-electron chi connectivity index (χ4n) is 4.38. The minimum absolute atomic E-state index is 0.0473. The van der Waals surface area contributed by atoms with Crippen LogP contribution in [0.3, 0.4) is 0 Å². The minimum Gasteiger partial charge on any atom is -0.390 e. The van der Waals surface area contributed by atoms with Crippen molar-refractivity contribution < 1.29 is 13.5 Å². The lowest BCUT2D eigenvalue weighted by molar-refractivity contribution is 0.185. The van der Waals surface area contributed by atoms with Crippen LogP contribution in [0.2, 0.25) is 0 Å². The second-order valence-corrected chi connectivity index (χ2v) is 10.5. The van der Waals surface area contributed by atoms with Gasteiger partial charge in [-0.2, -0.15) is 0 Å². The van der Waals surface area contributed by atoms with Crippen molar-refractivity contribution in [3.05, 3.63) is 59.7 Å². The van der Waals surface area contributed by atoms with Gasteiger partial charge in [0.1, 0.15) is 5.82 Å².